The van der Waals surface area contributed by atoms with Gasteiger partial charge in [-0.15, -0.1) is 24.0 Å². The predicted octanol–water partition coefficient (Wildman–Crippen LogP) is 2.97. The van der Waals surface area contributed by atoms with Crippen LogP contribution in [0.2, 0.25) is 0 Å². The van der Waals surface area contributed by atoms with E-state index >= 15 is 0 Å². The molecule has 1 aliphatic carbocycles. The third kappa shape index (κ3) is 4.98. The molecule has 1 fully saturated rings. The van der Waals surface area contributed by atoms with E-state index in [-0.39, 0.29) is 41.5 Å². The lowest BCUT2D eigenvalue weighted by Crippen LogP contribution is -2.40. The summed E-state index contributed by atoms with van der Waals surface area (Å²) in [6, 6.07) is 4.04. The van der Waals surface area contributed by atoms with Gasteiger partial charge in [0.15, 0.2) is 5.96 Å². The van der Waals surface area contributed by atoms with E-state index in [1.54, 1.807) is 18.8 Å². The number of rotatable bonds is 5. The number of hydrogen-bond acceptors (Lipinski definition) is 2. The number of benzene rings is 1. The van der Waals surface area contributed by atoms with Gasteiger partial charge >= 0.3 is 0 Å². The monoisotopic (exact) mass is 427 g/mol. The van der Waals surface area contributed by atoms with Gasteiger partial charge in [-0.3, -0.25) is 4.99 Å². The van der Waals surface area contributed by atoms with Gasteiger partial charge in [0, 0.05) is 36.9 Å². The molecule has 0 heterocycles. The van der Waals surface area contributed by atoms with Crippen LogP contribution in [0.15, 0.2) is 23.2 Å². The van der Waals surface area contributed by atoms with Crippen LogP contribution in [0.1, 0.15) is 17.9 Å². The standard InChI is InChI=1S/C14H19F2N3S.HI/c1-17-14(18-6-7-20-2)19-12-8-9(12)13-10(15)4-3-5-11(13)16;/h3-5,9,12H,6-8H2,1-2H3,(H2,17,18,19);1H. The fraction of sp³-hybridized carbons (Fsp3) is 0.500. The fourth-order valence-corrected chi connectivity index (χ4v) is 2.49. The van der Waals surface area contributed by atoms with Gasteiger partial charge in [-0.25, -0.2) is 8.78 Å². The van der Waals surface area contributed by atoms with Gasteiger partial charge in [0.2, 0.25) is 0 Å². The lowest BCUT2D eigenvalue weighted by Gasteiger charge is -2.11. The third-order valence-corrected chi connectivity index (χ3v) is 3.92. The van der Waals surface area contributed by atoms with Crippen molar-refractivity contribution in [3.63, 3.8) is 0 Å². The molecule has 3 nitrogen and oxygen atoms in total. The Kier molecular flexibility index (Phi) is 7.72. The van der Waals surface area contributed by atoms with Crippen LogP contribution in [0, 0.1) is 11.6 Å². The number of halogens is 3. The molecule has 0 amide bonds. The summed E-state index contributed by atoms with van der Waals surface area (Å²) in [5, 5.41) is 6.37. The fourth-order valence-electron chi connectivity index (χ4n) is 2.18. The molecule has 2 atom stereocenters. The van der Waals surface area contributed by atoms with Crippen molar-refractivity contribution in [1.82, 2.24) is 10.6 Å². The summed E-state index contributed by atoms with van der Waals surface area (Å²) in [6.45, 7) is 0.812. The van der Waals surface area contributed by atoms with Crippen LogP contribution >= 0.6 is 35.7 Å². The maximum Gasteiger partial charge on any atom is 0.191 e. The van der Waals surface area contributed by atoms with E-state index in [0.717, 1.165) is 18.7 Å². The molecular weight excluding hydrogens is 407 g/mol. The highest BCUT2D eigenvalue weighted by Gasteiger charge is 2.42. The van der Waals surface area contributed by atoms with E-state index in [4.69, 9.17) is 0 Å². The molecule has 2 N–H and O–H groups in total. The van der Waals surface area contributed by atoms with Crippen molar-refractivity contribution in [2.75, 3.05) is 25.6 Å². The number of hydrogen-bond donors (Lipinski definition) is 2. The highest BCUT2D eigenvalue weighted by molar-refractivity contribution is 14.0. The molecule has 0 bridgehead atoms. The Labute approximate surface area is 145 Å². The topological polar surface area (TPSA) is 36.4 Å². The quantitative estimate of drug-likeness (QED) is 0.329. The molecule has 0 aliphatic heterocycles. The number of thioether (sulfide) groups is 1. The van der Waals surface area contributed by atoms with Crippen molar-refractivity contribution in [3.8, 4) is 0 Å². The van der Waals surface area contributed by atoms with Crippen LogP contribution in [0.5, 0.6) is 0 Å². The van der Waals surface area contributed by atoms with Crippen LogP contribution in [0.3, 0.4) is 0 Å². The van der Waals surface area contributed by atoms with Crippen molar-refractivity contribution >= 4 is 41.7 Å². The van der Waals surface area contributed by atoms with E-state index in [0.29, 0.717) is 5.96 Å². The van der Waals surface area contributed by atoms with Gasteiger partial charge in [0.1, 0.15) is 11.6 Å². The molecule has 0 aromatic heterocycles. The molecule has 1 aliphatic rings. The van der Waals surface area contributed by atoms with Crippen LogP contribution in [-0.4, -0.2) is 37.6 Å². The van der Waals surface area contributed by atoms with E-state index < -0.39 is 11.6 Å². The highest BCUT2D eigenvalue weighted by atomic mass is 127. The predicted molar refractivity (Wildman–Crippen MR) is 95.8 cm³/mol. The first-order valence-corrected chi connectivity index (χ1v) is 7.96. The van der Waals surface area contributed by atoms with Crippen LogP contribution < -0.4 is 10.6 Å². The van der Waals surface area contributed by atoms with Crippen LogP contribution in [-0.2, 0) is 0 Å². The molecule has 1 saturated carbocycles. The lowest BCUT2D eigenvalue weighted by molar-refractivity contribution is 0.553. The lowest BCUT2D eigenvalue weighted by atomic mass is 10.1. The molecule has 0 saturated heterocycles. The van der Waals surface area contributed by atoms with Gasteiger partial charge in [-0.2, -0.15) is 11.8 Å². The molecule has 1 aromatic carbocycles. The van der Waals surface area contributed by atoms with Crippen molar-refractivity contribution in [2.45, 2.75) is 18.4 Å². The minimum atomic E-state index is -0.468. The average molecular weight is 427 g/mol. The largest absolute Gasteiger partial charge is 0.356 e. The first-order valence-electron chi connectivity index (χ1n) is 6.57. The van der Waals surface area contributed by atoms with Crippen LogP contribution in [0.25, 0.3) is 0 Å². The zero-order valence-electron chi connectivity index (χ0n) is 12.0. The number of nitrogens with one attached hydrogen (secondary N) is 2. The molecule has 2 unspecified atom stereocenters. The Morgan fingerprint density at radius 1 is 1.38 bits per heavy atom. The summed E-state index contributed by atoms with van der Waals surface area (Å²) in [5.41, 5.74) is 0.185. The Balaban J connectivity index is 0.00000220. The summed E-state index contributed by atoms with van der Waals surface area (Å²) in [5.74, 6) is 0.615. The van der Waals surface area contributed by atoms with Crippen molar-refractivity contribution in [3.05, 3.63) is 35.4 Å². The van der Waals surface area contributed by atoms with Gasteiger partial charge in [-0.05, 0) is 24.8 Å². The van der Waals surface area contributed by atoms with Crippen molar-refractivity contribution in [1.29, 1.82) is 0 Å². The molecule has 1 aromatic rings. The summed E-state index contributed by atoms with van der Waals surface area (Å²) in [6.07, 6.45) is 2.76. The molecule has 7 heteroatoms. The van der Waals surface area contributed by atoms with Gasteiger partial charge in [0.05, 0.1) is 0 Å². The minimum absolute atomic E-state index is 0. The van der Waals surface area contributed by atoms with E-state index in [1.807, 2.05) is 6.26 Å². The zero-order chi connectivity index (χ0) is 14.5. The van der Waals surface area contributed by atoms with E-state index in [2.05, 4.69) is 15.6 Å². The van der Waals surface area contributed by atoms with E-state index in [1.165, 1.54) is 18.2 Å². The molecular formula is C14H20F2IN3S. The maximum atomic E-state index is 13.7. The van der Waals surface area contributed by atoms with Crippen LogP contribution in [0.4, 0.5) is 8.78 Å². The summed E-state index contributed by atoms with van der Waals surface area (Å²) >= 11 is 1.75. The highest BCUT2D eigenvalue weighted by Crippen LogP contribution is 2.42. The molecule has 118 valence electrons. The molecule has 21 heavy (non-hydrogen) atoms. The smallest absolute Gasteiger partial charge is 0.191 e. The number of aliphatic imine (C=N–C) groups is 1. The first-order chi connectivity index (χ1) is 9.67. The van der Waals surface area contributed by atoms with Crippen molar-refractivity contribution in [2.24, 2.45) is 4.99 Å². The Bertz CT molecular complexity index is 479. The second-order valence-corrected chi connectivity index (χ2v) is 5.71. The Morgan fingerprint density at radius 3 is 2.62 bits per heavy atom. The van der Waals surface area contributed by atoms with Crippen molar-refractivity contribution < 1.29 is 8.78 Å². The molecule has 0 spiro atoms. The van der Waals surface area contributed by atoms with Gasteiger partial charge in [0.25, 0.3) is 0 Å². The zero-order valence-corrected chi connectivity index (χ0v) is 15.2. The Morgan fingerprint density at radius 2 is 2.05 bits per heavy atom. The second kappa shape index (κ2) is 8.77. The maximum absolute atomic E-state index is 13.7. The SMILES string of the molecule is CN=C(NCCSC)NC1CC1c1c(F)cccc1F.I. The summed E-state index contributed by atoms with van der Waals surface area (Å²) in [7, 11) is 1.69. The minimum Gasteiger partial charge on any atom is -0.356 e. The van der Waals surface area contributed by atoms with Gasteiger partial charge < -0.3 is 10.6 Å². The normalized spacial score (nSPS) is 20.7. The molecule has 2 rings (SSSR count). The molecule has 0 radical (unpaired) electrons. The first kappa shape index (κ1) is 18.5. The number of guanidine groups is 1. The van der Waals surface area contributed by atoms with E-state index in [9.17, 15) is 8.78 Å². The van der Waals surface area contributed by atoms with Gasteiger partial charge in [-0.1, -0.05) is 6.07 Å². The summed E-state index contributed by atoms with van der Waals surface area (Å²) < 4.78 is 27.3. The third-order valence-electron chi connectivity index (χ3n) is 3.31. The average Bonchev–Trinajstić information content (AvgIpc) is 3.16. The number of nitrogens with zero attached hydrogens (tertiary/aromatic N) is 1. The second-order valence-electron chi connectivity index (χ2n) is 4.72. The Hall–Kier alpha value is -0.570. The summed E-state index contributed by atoms with van der Waals surface area (Å²) in [4.78, 5) is 4.11.